The van der Waals surface area contributed by atoms with Crippen LogP contribution in [0.15, 0.2) is 12.2 Å². The van der Waals surface area contributed by atoms with Crippen LogP contribution < -0.4 is 0 Å². The van der Waals surface area contributed by atoms with Gasteiger partial charge in [-0.3, -0.25) is 22.7 Å². The van der Waals surface area contributed by atoms with Gasteiger partial charge in [0.15, 0.2) is 17.8 Å². The summed E-state index contributed by atoms with van der Waals surface area (Å²) in [7, 11) is -11.5. The summed E-state index contributed by atoms with van der Waals surface area (Å²) in [6.07, 6.45) is -12.0. The van der Waals surface area contributed by atoms with Crippen molar-refractivity contribution in [3.05, 3.63) is 12.2 Å². The molecule has 1 aliphatic heterocycles. The van der Waals surface area contributed by atoms with Gasteiger partial charge < -0.3 is 43.7 Å². The van der Waals surface area contributed by atoms with Gasteiger partial charge in [0.2, 0.25) is 20.8 Å². The molecule has 0 unspecified atom stereocenters. The highest BCUT2D eigenvalue weighted by Crippen LogP contribution is 2.72. The van der Waals surface area contributed by atoms with E-state index < -0.39 is 123 Å². The monoisotopic (exact) mass is 768 g/mol. The third kappa shape index (κ3) is 7.20. The number of aliphatic hydroxyl groups excluding tert-OH is 2. The van der Waals surface area contributed by atoms with E-state index >= 15 is 0 Å². The molecule has 4 N–H and O–H groups in total. The van der Waals surface area contributed by atoms with E-state index in [0.717, 1.165) is 0 Å². The molecule has 18 nitrogen and oxygen atoms in total. The smallest absolute Gasteiger partial charge is 0.321 e. The number of aliphatic carboxylic acids is 2. The fourth-order valence-corrected chi connectivity index (χ4v) is 11.3. The molecule has 12 atom stereocenters. The fourth-order valence-electron chi connectivity index (χ4n) is 10.3. The zero-order valence-electron chi connectivity index (χ0n) is 28.2. The molecule has 4 aliphatic carbocycles. The van der Waals surface area contributed by atoms with Gasteiger partial charge >= 0.3 is 17.9 Å². The number of fused-ring (bicyclic) bond motifs is 3. The Morgan fingerprint density at radius 1 is 0.941 bits per heavy atom. The zero-order chi connectivity index (χ0) is 38.1. The molecule has 20 heteroatoms. The van der Waals surface area contributed by atoms with Gasteiger partial charge in [0.05, 0.1) is 18.8 Å². The summed E-state index contributed by atoms with van der Waals surface area (Å²) in [4.78, 5) is 39.2. The van der Waals surface area contributed by atoms with Gasteiger partial charge in [-0.15, -0.1) is 0 Å². The van der Waals surface area contributed by atoms with Crippen LogP contribution in [0.25, 0.3) is 0 Å². The standard InChI is InChI=1S/C31H46O18S2/c1-14(2)9-21(33)47-24-23(49-51(42,43)44)22(48-50(39,40)41)18(13-32)46-26(24)45-17-11-29(4)19-6-5-16-10-30(19,25(34)15(16)3)8-7-20(29)31(12-17,27(35)36)28(37)38/h14,16-20,22-26,32,34H,3,5-13H2,1-2,4H3,(H,35,36)(H,37,38)(H,39,40,41)(H,42,43,44)/p-2/t16-,17-,18+,19-,20-,22+,23-,24+,25-,26+,29-,30+/m0/s1. The van der Waals surface area contributed by atoms with Crippen LogP contribution in [0.1, 0.15) is 72.1 Å². The summed E-state index contributed by atoms with van der Waals surface area (Å²) in [6.45, 7) is 7.93. The summed E-state index contributed by atoms with van der Waals surface area (Å²) in [5.74, 6) is -5.97. The molecule has 1 spiro atoms. The predicted octanol–water partition coefficient (Wildman–Crippen LogP) is 0.437. The number of carbonyl (C=O) groups excluding carboxylic acids is 1. The van der Waals surface area contributed by atoms with Crippen molar-refractivity contribution in [1.82, 2.24) is 0 Å². The molecule has 0 radical (unpaired) electrons. The number of hydrogen-bond donors (Lipinski definition) is 4. The molecule has 4 saturated carbocycles. The lowest BCUT2D eigenvalue weighted by Gasteiger charge is -2.64. The highest BCUT2D eigenvalue weighted by molar-refractivity contribution is 7.81. The van der Waals surface area contributed by atoms with Crippen molar-refractivity contribution < 1.29 is 83.3 Å². The first kappa shape index (κ1) is 39.9. The zero-order valence-corrected chi connectivity index (χ0v) is 29.9. The first-order chi connectivity index (χ1) is 23.5. The van der Waals surface area contributed by atoms with E-state index in [0.29, 0.717) is 31.3 Å². The van der Waals surface area contributed by atoms with Crippen LogP contribution in [-0.2, 0) is 57.8 Å². The molecule has 2 bridgehead atoms. The third-order valence-electron chi connectivity index (χ3n) is 12.0. The normalized spacial score (nSPS) is 40.7. The van der Waals surface area contributed by atoms with E-state index in [2.05, 4.69) is 14.9 Å². The van der Waals surface area contributed by atoms with E-state index in [4.69, 9.17) is 14.2 Å². The number of hydrogen-bond acceptors (Lipinski definition) is 16. The number of rotatable bonds is 12. The van der Waals surface area contributed by atoms with Gasteiger partial charge in [-0.25, -0.2) is 16.8 Å². The van der Waals surface area contributed by atoms with Crippen molar-refractivity contribution in [2.75, 3.05) is 6.61 Å². The SMILES string of the molecule is C=C1[C@H]2CC[C@H]3[C@]4(C)C[C@H](O[C@@H]5O[C@H](CO)[C@@H](OS(=O)(=O)[O-])[C@H](OS(=O)(=O)[O-])[C@H]5OC(=O)CC(C)C)CC(C(=O)O)(C(=O)O)[C@H]4CC[C@]3(C2)[C@H]1O. The second-order valence-corrected chi connectivity index (χ2v) is 17.3. The Hall–Kier alpha value is -2.27. The minimum Gasteiger partial charge on any atom is -0.726 e. The summed E-state index contributed by atoms with van der Waals surface area (Å²) in [5, 5.41) is 42.9. The largest absolute Gasteiger partial charge is 0.726 e. The van der Waals surface area contributed by atoms with Crippen molar-refractivity contribution in [2.24, 2.45) is 39.9 Å². The number of carbonyl (C=O) groups is 3. The number of aliphatic hydroxyl groups is 2. The molecule has 0 aromatic carbocycles. The minimum absolute atomic E-state index is 0.0210. The topological polar surface area (TPSA) is 293 Å². The lowest BCUT2D eigenvalue weighted by molar-refractivity contribution is -0.318. The third-order valence-corrected chi connectivity index (χ3v) is 12.9. The Labute approximate surface area is 295 Å². The molecule has 51 heavy (non-hydrogen) atoms. The summed E-state index contributed by atoms with van der Waals surface area (Å²) >= 11 is 0. The van der Waals surface area contributed by atoms with E-state index in [1.807, 2.05) is 0 Å². The Morgan fingerprint density at radius 2 is 1.55 bits per heavy atom. The lowest BCUT2D eigenvalue weighted by atomic mass is 9.40. The highest BCUT2D eigenvalue weighted by Gasteiger charge is 2.72. The maximum Gasteiger partial charge on any atom is 0.321 e. The molecule has 0 aromatic heterocycles. The molecule has 5 aliphatic rings. The molecule has 0 amide bonds. The van der Waals surface area contributed by atoms with Gasteiger partial charge in [-0.2, -0.15) is 0 Å². The molecule has 5 fully saturated rings. The second kappa shape index (κ2) is 13.9. The molecule has 0 aromatic rings. The lowest BCUT2D eigenvalue weighted by Crippen LogP contribution is -2.67. The fraction of sp³-hybridized carbons (Fsp3) is 0.839. The summed E-state index contributed by atoms with van der Waals surface area (Å²) in [6, 6.07) is 0. The average molecular weight is 769 g/mol. The van der Waals surface area contributed by atoms with Crippen LogP contribution in [0.4, 0.5) is 0 Å². The van der Waals surface area contributed by atoms with Crippen LogP contribution >= 0.6 is 0 Å². The number of ether oxygens (including phenoxy) is 3. The van der Waals surface area contributed by atoms with Gasteiger partial charge in [0.1, 0.15) is 18.3 Å². The average Bonchev–Trinajstić information content (AvgIpc) is 3.16. The van der Waals surface area contributed by atoms with E-state index in [1.165, 1.54) is 0 Å². The molecule has 5 rings (SSSR count). The van der Waals surface area contributed by atoms with Gasteiger partial charge in [0.25, 0.3) is 0 Å². The van der Waals surface area contributed by atoms with Gasteiger partial charge in [0, 0.05) is 18.3 Å². The predicted molar refractivity (Wildman–Crippen MR) is 165 cm³/mol. The van der Waals surface area contributed by atoms with Gasteiger partial charge in [-0.05, 0) is 73.2 Å². The quantitative estimate of drug-likeness (QED) is 0.0523. The van der Waals surface area contributed by atoms with Crippen molar-refractivity contribution in [2.45, 2.75) is 115 Å². The van der Waals surface area contributed by atoms with Crippen molar-refractivity contribution in [1.29, 1.82) is 0 Å². The Kier molecular flexibility index (Phi) is 10.8. The molecule has 290 valence electrons. The van der Waals surface area contributed by atoms with Crippen LogP contribution in [0.3, 0.4) is 0 Å². The molecular formula is C31H44O18S2-2. The Morgan fingerprint density at radius 3 is 2.10 bits per heavy atom. The number of carboxylic acid groups (broad SMARTS) is 2. The molecule has 1 saturated heterocycles. The van der Waals surface area contributed by atoms with Crippen molar-refractivity contribution >= 4 is 38.7 Å². The van der Waals surface area contributed by atoms with Crippen LogP contribution in [0.2, 0.25) is 0 Å². The van der Waals surface area contributed by atoms with E-state index in [9.17, 15) is 60.8 Å². The first-order valence-electron chi connectivity index (χ1n) is 16.7. The first-order valence-corrected chi connectivity index (χ1v) is 19.4. The Bertz CT molecular complexity index is 1610. The van der Waals surface area contributed by atoms with Crippen LogP contribution in [0.5, 0.6) is 0 Å². The van der Waals surface area contributed by atoms with Crippen molar-refractivity contribution in [3.63, 3.8) is 0 Å². The summed E-state index contributed by atoms with van der Waals surface area (Å²) < 4.78 is 97.0. The van der Waals surface area contributed by atoms with Crippen LogP contribution in [-0.4, -0.2) is 114 Å². The second-order valence-electron chi connectivity index (χ2n) is 15.3. The van der Waals surface area contributed by atoms with E-state index in [1.54, 1.807) is 20.8 Å². The summed E-state index contributed by atoms with van der Waals surface area (Å²) in [5.41, 5.74) is -3.58. The maximum atomic E-state index is 13.1. The number of carboxylic acids is 2. The van der Waals surface area contributed by atoms with E-state index in [-0.39, 0.29) is 31.1 Å². The number of esters is 1. The van der Waals surface area contributed by atoms with Crippen LogP contribution in [0, 0.1) is 39.9 Å². The Balaban J connectivity index is 1.59. The highest BCUT2D eigenvalue weighted by atomic mass is 32.3. The minimum atomic E-state index is -5.78. The maximum absolute atomic E-state index is 13.1. The van der Waals surface area contributed by atoms with Crippen molar-refractivity contribution in [3.8, 4) is 0 Å². The molecular weight excluding hydrogens is 724 g/mol. The van der Waals surface area contributed by atoms with Gasteiger partial charge in [-0.1, -0.05) is 27.4 Å². The molecule has 1 heterocycles.